The number of pyridine rings is 1. The van der Waals surface area contributed by atoms with Gasteiger partial charge >= 0.3 is 0 Å². The first-order chi connectivity index (χ1) is 8.78. The van der Waals surface area contributed by atoms with E-state index >= 15 is 0 Å². The molecule has 1 N–H and O–H groups in total. The van der Waals surface area contributed by atoms with Crippen LogP contribution in [0.15, 0.2) is 28.3 Å². The number of ether oxygens (including phenoxy) is 1. The molecule has 0 spiro atoms. The van der Waals surface area contributed by atoms with Crippen molar-refractivity contribution >= 4 is 27.3 Å². The molecule has 18 heavy (non-hydrogen) atoms. The van der Waals surface area contributed by atoms with Crippen molar-refractivity contribution in [1.82, 2.24) is 15.3 Å². The summed E-state index contributed by atoms with van der Waals surface area (Å²) in [5.41, 5.74) is 0.952. The predicted molar refractivity (Wildman–Crippen MR) is 75.8 cm³/mol. The van der Waals surface area contributed by atoms with E-state index in [1.54, 1.807) is 23.7 Å². The second-order valence-electron chi connectivity index (χ2n) is 3.64. The zero-order valence-electron chi connectivity index (χ0n) is 10.0. The number of thiazole rings is 1. The summed E-state index contributed by atoms with van der Waals surface area (Å²) in [7, 11) is 0. The van der Waals surface area contributed by atoms with Crippen molar-refractivity contribution in [3.8, 4) is 5.75 Å². The molecule has 2 rings (SSSR count). The highest BCUT2D eigenvalue weighted by Crippen LogP contribution is 2.17. The van der Waals surface area contributed by atoms with Crippen LogP contribution in [0.4, 0.5) is 0 Å². The molecule has 0 amide bonds. The Hall–Kier alpha value is -0.980. The molecule has 2 heterocycles. The molecule has 0 aliphatic heterocycles. The van der Waals surface area contributed by atoms with Crippen molar-refractivity contribution in [2.24, 2.45) is 0 Å². The third-order valence-electron chi connectivity index (χ3n) is 2.19. The number of hydrogen-bond donors (Lipinski definition) is 1. The molecular weight excluding hydrogens is 314 g/mol. The molecule has 2 aromatic heterocycles. The van der Waals surface area contributed by atoms with Gasteiger partial charge in [-0.2, -0.15) is 0 Å². The molecule has 0 unspecified atom stereocenters. The summed E-state index contributed by atoms with van der Waals surface area (Å²) in [4.78, 5) is 8.53. The van der Waals surface area contributed by atoms with Crippen LogP contribution in [-0.4, -0.2) is 16.5 Å². The van der Waals surface area contributed by atoms with Crippen LogP contribution in [0.25, 0.3) is 0 Å². The van der Waals surface area contributed by atoms with Crippen molar-refractivity contribution < 1.29 is 4.74 Å². The maximum absolute atomic E-state index is 5.62. The third-order valence-corrected chi connectivity index (χ3v) is 3.52. The SMILES string of the molecule is CCNCc1nc(COc2cncc(Br)c2)cs1. The fourth-order valence-electron chi connectivity index (χ4n) is 1.36. The van der Waals surface area contributed by atoms with Gasteiger partial charge < -0.3 is 10.1 Å². The molecule has 4 nitrogen and oxygen atoms in total. The van der Waals surface area contributed by atoms with Gasteiger partial charge in [0.25, 0.3) is 0 Å². The predicted octanol–water partition coefficient (Wildman–Crippen LogP) is 2.99. The van der Waals surface area contributed by atoms with Gasteiger partial charge in [-0.05, 0) is 28.5 Å². The summed E-state index contributed by atoms with van der Waals surface area (Å²) >= 11 is 5.01. The Balaban J connectivity index is 1.88. The molecule has 0 aliphatic carbocycles. The van der Waals surface area contributed by atoms with E-state index in [4.69, 9.17) is 4.74 Å². The summed E-state index contributed by atoms with van der Waals surface area (Å²) in [6.45, 7) is 4.33. The molecule has 0 aliphatic rings. The fourth-order valence-corrected chi connectivity index (χ4v) is 2.45. The summed E-state index contributed by atoms with van der Waals surface area (Å²) in [5.74, 6) is 0.741. The van der Waals surface area contributed by atoms with Gasteiger partial charge in [0.1, 0.15) is 17.4 Å². The van der Waals surface area contributed by atoms with Crippen molar-refractivity contribution in [2.75, 3.05) is 6.54 Å². The molecule has 0 saturated carbocycles. The normalized spacial score (nSPS) is 10.6. The third kappa shape index (κ3) is 4.04. The highest BCUT2D eigenvalue weighted by Gasteiger charge is 2.03. The zero-order valence-corrected chi connectivity index (χ0v) is 12.4. The van der Waals surface area contributed by atoms with Crippen LogP contribution in [0.1, 0.15) is 17.6 Å². The number of nitrogens with one attached hydrogen (secondary N) is 1. The lowest BCUT2D eigenvalue weighted by molar-refractivity contribution is 0.300. The Morgan fingerprint density at radius 2 is 2.33 bits per heavy atom. The van der Waals surface area contributed by atoms with Crippen molar-refractivity contribution in [3.05, 3.63) is 39.0 Å². The Labute approximate surface area is 119 Å². The fraction of sp³-hybridized carbons (Fsp3) is 0.333. The average molecular weight is 328 g/mol. The second-order valence-corrected chi connectivity index (χ2v) is 5.50. The Morgan fingerprint density at radius 1 is 1.44 bits per heavy atom. The largest absolute Gasteiger partial charge is 0.486 e. The van der Waals surface area contributed by atoms with Gasteiger partial charge in [-0.25, -0.2) is 4.98 Å². The molecule has 0 radical (unpaired) electrons. The minimum Gasteiger partial charge on any atom is -0.486 e. The molecule has 0 bridgehead atoms. The van der Waals surface area contributed by atoms with E-state index in [1.165, 1.54) is 0 Å². The van der Waals surface area contributed by atoms with Crippen molar-refractivity contribution in [3.63, 3.8) is 0 Å². The van der Waals surface area contributed by atoms with Gasteiger partial charge in [0.2, 0.25) is 0 Å². The van der Waals surface area contributed by atoms with Crippen LogP contribution in [-0.2, 0) is 13.2 Å². The van der Waals surface area contributed by atoms with Gasteiger partial charge in [0, 0.05) is 22.6 Å². The summed E-state index contributed by atoms with van der Waals surface area (Å²) in [6.07, 6.45) is 3.42. The van der Waals surface area contributed by atoms with Gasteiger partial charge in [0.05, 0.1) is 11.9 Å². The maximum atomic E-state index is 5.62. The first-order valence-corrected chi connectivity index (χ1v) is 7.32. The maximum Gasteiger partial charge on any atom is 0.139 e. The average Bonchev–Trinajstić information content (AvgIpc) is 2.82. The van der Waals surface area contributed by atoms with Crippen molar-refractivity contribution in [2.45, 2.75) is 20.1 Å². The standard InChI is InChI=1S/C12H14BrN3OS/c1-2-14-6-12-16-10(8-18-12)7-17-11-3-9(13)4-15-5-11/h3-5,8,14H,2,6-7H2,1H3. The van der Waals surface area contributed by atoms with Gasteiger partial charge in [0.15, 0.2) is 0 Å². The summed E-state index contributed by atoms with van der Waals surface area (Å²) in [5, 5.41) is 6.36. The lowest BCUT2D eigenvalue weighted by Gasteiger charge is -2.03. The van der Waals surface area contributed by atoms with E-state index in [1.807, 2.05) is 11.4 Å². The molecule has 2 aromatic rings. The van der Waals surface area contributed by atoms with Gasteiger partial charge in [-0.3, -0.25) is 4.98 Å². The van der Waals surface area contributed by atoms with Crippen LogP contribution >= 0.6 is 27.3 Å². The molecule has 0 atom stereocenters. The van der Waals surface area contributed by atoms with E-state index in [2.05, 4.69) is 38.1 Å². The highest BCUT2D eigenvalue weighted by atomic mass is 79.9. The molecule has 0 aromatic carbocycles. The molecule has 0 saturated heterocycles. The van der Waals surface area contributed by atoms with E-state index in [0.29, 0.717) is 6.61 Å². The highest BCUT2D eigenvalue weighted by molar-refractivity contribution is 9.10. The Morgan fingerprint density at radius 3 is 3.11 bits per heavy atom. The van der Waals surface area contributed by atoms with Crippen LogP contribution in [0.5, 0.6) is 5.75 Å². The monoisotopic (exact) mass is 327 g/mol. The van der Waals surface area contributed by atoms with Crippen LogP contribution in [0, 0.1) is 0 Å². The second kappa shape index (κ2) is 6.82. The Bertz CT molecular complexity index is 504. The Kier molecular flexibility index (Phi) is 5.10. The van der Waals surface area contributed by atoms with E-state index in [-0.39, 0.29) is 0 Å². The zero-order chi connectivity index (χ0) is 12.8. The number of nitrogens with zero attached hydrogens (tertiary/aromatic N) is 2. The van der Waals surface area contributed by atoms with Crippen LogP contribution in [0.2, 0.25) is 0 Å². The molecular formula is C12H14BrN3OS. The summed E-state index contributed by atoms with van der Waals surface area (Å²) < 4.78 is 6.53. The number of hydrogen-bond acceptors (Lipinski definition) is 5. The number of aromatic nitrogens is 2. The number of halogens is 1. The molecule has 96 valence electrons. The number of rotatable bonds is 6. The van der Waals surface area contributed by atoms with Gasteiger partial charge in [-0.1, -0.05) is 6.92 Å². The first-order valence-electron chi connectivity index (χ1n) is 5.65. The molecule has 6 heteroatoms. The van der Waals surface area contributed by atoms with E-state index in [9.17, 15) is 0 Å². The van der Waals surface area contributed by atoms with Crippen molar-refractivity contribution in [1.29, 1.82) is 0 Å². The summed E-state index contributed by atoms with van der Waals surface area (Å²) in [6, 6.07) is 1.89. The first kappa shape index (κ1) is 13.5. The van der Waals surface area contributed by atoms with Gasteiger partial charge in [-0.15, -0.1) is 11.3 Å². The minimum absolute atomic E-state index is 0.473. The molecule has 0 fully saturated rings. The quantitative estimate of drug-likeness (QED) is 0.886. The lowest BCUT2D eigenvalue weighted by atomic mass is 10.4. The van der Waals surface area contributed by atoms with E-state index in [0.717, 1.165) is 34.0 Å². The van der Waals surface area contributed by atoms with E-state index < -0.39 is 0 Å². The van der Waals surface area contributed by atoms with Crippen LogP contribution < -0.4 is 10.1 Å². The minimum atomic E-state index is 0.473. The smallest absolute Gasteiger partial charge is 0.139 e. The lowest BCUT2D eigenvalue weighted by Crippen LogP contribution is -2.11. The van der Waals surface area contributed by atoms with Crippen LogP contribution in [0.3, 0.4) is 0 Å². The topological polar surface area (TPSA) is 47.0 Å².